The molecule has 0 unspecified atom stereocenters. The van der Waals surface area contributed by atoms with Crippen molar-refractivity contribution < 1.29 is 4.74 Å². The standard InChI is InChI=1S/C13H24N2O/c1-16-12-4-2-11(3-5-12)6-15-9-13(10-15)7-14-8-13/h11-12,14H,2-10H2,1H3. The van der Waals surface area contributed by atoms with E-state index in [0.717, 1.165) is 5.92 Å². The van der Waals surface area contributed by atoms with Gasteiger partial charge in [0.2, 0.25) is 0 Å². The van der Waals surface area contributed by atoms with Crippen LogP contribution in [0.2, 0.25) is 0 Å². The van der Waals surface area contributed by atoms with Crippen LogP contribution in [-0.2, 0) is 4.74 Å². The van der Waals surface area contributed by atoms with E-state index in [1.807, 2.05) is 7.11 Å². The summed E-state index contributed by atoms with van der Waals surface area (Å²) >= 11 is 0. The molecule has 2 saturated heterocycles. The molecule has 0 aromatic carbocycles. The van der Waals surface area contributed by atoms with Crippen LogP contribution in [0.4, 0.5) is 0 Å². The molecule has 3 rings (SSSR count). The Bertz CT molecular complexity index is 236. The van der Waals surface area contributed by atoms with E-state index in [1.54, 1.807) is 0 Å². The lowest BCUT2D eigenvalue weighted by molar-refractivity contribution is -0.0533. The van der Waals surface area contributed by atoms with Gasteiger partial charge in [0.05, 0.1) is 6.10 Å². The van der Waals surface area contributed by atoms with Crippen molar-refractivity contribution in [1.82, 2.24) is 10.2 Å². The van der Waals surface area contributed by atoms with Gasteiger partial charge in [0.15, 0.2) is 0 Å². The zero-order valence-corrected chi connectivity index (χ0v) is 10.4. The van der Waals surface area contributed by atoms with Gasteiger partial charge in [0.1, 0.15) is 0 Å². The van der Waals surface area contributed by atoms with Crippen molar-refractivity contribution in [3.8, 4) is 0 Å². The molecule has 0 amide bonds. The maximum Gasteiger partial charge on any atom is 0.0571 e. The third kappa shape index (κ3) is 2.01. The van der Waals surface area contributed by atoms with Crippen molar-refractivity contribution in [2.24, 2.45) is 11.3 Å². The van der Waals surface area contributed by atoms with E-state index in [4.69, 9.17) is 4.74 Å². The summed E-state index contributed by atoms with van der Waals surface area (Å²) in [6.45, 7) is 6.58. The zero-order chi connectivity index (χ0) is 11.0. The van der Waals surface area contributed by atoms with Crippen molar-refractivity contribution in [2.75, 3.05) is 39.8 Å². The summed E-state index contributed by atoms with van der Waals surface area (Å²) in [4.78, 5) is 2.67. The SMILES string of the molecule is COC1CCC(CN2CC3(CNC3)C2)CC1. The van der Waals surface area contributed by atoms with Gasteiger partial charge in [-0.1, -0.05) is 0 Å². The fraction of sp³-hybridized carbons (Fsp3) is 1.00. The second-order valence-corrected chi connectivity index (χ2v) is 6.15. The largest absolute Gasteiger partial charge is 0.381 e. The van der Waals surface area contributed by atoms with E-state index >= 15 is 0 Å². The molecular weight excluding hydrogens is 200 g/mol. The molecule has 1 aliphatic carbocycles. The molecule has 0 atom stereocenters. The van der Waals surface area contributed by atoms with Crippen molar-refractivity contribution >= 4 is 0 Å². The maximum absolute atomic E-state index is 5.42. The second kappa shape index (κ2) is 4.28. The molecule has 0 aromatic heterocycles. The molecule has 3 heteroatoms. The maximum atomic E-state index is 5.42. The lowest BCUT2D eigenvalue weighted by atomic mass is 9.73. The molecule has 92 valence electrons. The number of nitrogens with one attached hydrogen (secondary N) is 1. The van der Waals surface area contributed by atoms with Crippen molar-refractivity contribution in [1.29, 1.82) is 0 Å². The summed E-state index contributed by atoms with van der Waals surface area (Å²) in [6, 6.07) is 0. The minimum absolute atomic E-state index is 0.551. The third-order valence-corrected chi connectivity index (χ3v) is 4.76. The number of nitrogens with zero attached hydrogens (tertiary/aromatic N) is 1. The summed E-state index contributed by atoms with van der Waals surface area (Å²) in [7, 11) is 1.85. The Balaban J connectivity index is 1.37. The van der Waals surface area contributed by atoms with Gasteiger partial charge in [0, 0.05) is 45.2 Å². The number of ether oxygens (including phenoxy) is 1. The molecule has 0 radical (unpaired) electrons. The van der Waals surface area contributed by atoms with E-state index in [2.05, 4.69) is 10.2 Å². The third-order valence-electron chi connectivity index (χ3n) is 4.76. The van der Waals surface area contributed by atoms with Crippen molar-refractivity contribution in [2.45, 2.75) is 31.8 Å². The predicted octanol–water partition coefficient (Wildman–Crippen LogP) is 1.10. The Morgan fingerprint density at radius 3 is 2.38 bits per heavy atom. The summed E-state index contributed by atoms with van der Waals surface area (Å²) in [5.74, 6) is 0.941. The fourth-order valence-corrected chi connectivity index (χ4v) is 3.65. The van der Waals surface area contributed by atoms with Crippen LogP contribution in [0.3, 0.4) is 0 Å². The van der Waals surface area contributed by atoms with Gasteiger partial charge in [-0.25, -0.2) is 0 Å². The first-order valence-corrected chi connectivity index (χ1v) is 6.76. The van der Waals surface area contributed by atoms with Gasteiger partial charge in [-0.3, -0.25) is 0 Å². The highest BCUT2D eigenvalue weighted by atomic mass is 16.5. The van der Waals surface area contributed by atoms with E-state index in [9.17, 15) is 0 Å². The van der Waals surface area contributed by atoms with Crippen LogP contribution in [0.1, 0.15) is 25.7 Å². The average Bonchev–Trinajstić information content (AvgIpc) is 2.21. The summed E-state index contributed by atoms with van der Waals surface area (Å²) < 4.78 is 5.42. The normalized spacial score (nSPS) is 38.1. The predicted molar refractivity (Wildman–Crippen MR) is 64.5 cm³/mol. The quantitative estimate of drug-likeness (QED) is 0.777. The highest BCUT2D eigenvalue weighted by Gasteiger charge is 2.47. The molecule has 3 nitrogen and oxygen atoms in total. The molecule has 0 aromatic rings. The number of methoxy groups -OCH3 is 1. The Hall–Kier alpha value is -0.120. The van der Waals surface area contributed by atoms with Crippen LogP contribution in [0.25, 0.3) is 0 Å². The topological polar surface area (TPSA) is 24.5 Å². The fourth-order valence-electron chi connectivity index (χ4n) is 3.65. The molecule has 2 heterocycles. The molecule has 2 aliphatic heterocycles. The monoisotopic (exact) mass is 224 g/mol. The molecule has 0 bridgehead atoms. The van der Waals surface area contributed by atoms with Crippen LogP contribution < -0.4 is 5.32 Å². The minimum Gasteiger partial charge on any atom is -0.381 e. The van der Waals surface area contributed by atoms with Crippen LogP contribution >= 0.6 is 0 Å². The molecular formula is C13H24N2O. The summed E-state index contributed by atoms with van der Waals surface area (Å²) in [5, 5.41) is 3.40. The number of hydrogen-bond acceptors (Lipinski definition) is 3. The van der Waals surface area contributed by atoms with Gasteiger partial charge in [-0.15, -0.1) is 0 Å². The van der Waals surface area contributed by atoms with Crippen LogP contribution in [0.15, 0.2) is 0 Å². The Morgan fingerprint density at radius 2 is 1.88 bits per heavy atom. The van der Waals surface area contributed by atoms with Crippen molar-refractivity contribution in [3.63, 3.8) is 0 Å². The first-order chi connectivity index (χ1) is 7.80. The molecule has 1 saturated carbocycles. The molecule has 1 spiro atoms. The van der Waals surface area contributed by atoms with Crippen molar-refractivity contribution in [3.05, 3.63) is 0 Å². The zero-order valence-electron chi connectivity index (χ0n) is 10.4. The second-order valence-electron chi connectivity index (χ2n) is 6.15. The number of rotatable bonds is 3. The lowest BCUT2D eigenvalue weighted by Gasteiger charge is -2.57. The number of hydrogen-bond donors (Lipinski definition) is 1. The van der Waals surface area contributed by atoms with Crippen LogP contribution in [-0.4, -0.2) is 50.8 Å². The smallest absolute Gasteiger partial charge is 0.0571 e. The molecule has 3 aliphatic rings. The number of likely N-dealkylation sites (tertiary alicyclic amines) is 1. The first kappa shape index (κ1) is 11.0. The average molecular weight is 224 g/mol. The van der Waals surface area contributed by atoms with Gasteiger partial charge in [-0.2, -0.15) is 0 Å². The summed E-state index contributed by atoms with van der Waals surface area (Å²) in [6.07, 6.45) is 5.86. The molecule has 3 fully saturated rings. The van der Waals surface area contributed by atoms with E-state index < -0.39 is 0 Å². The van der Waals surface area contributed by atoms with Gasteiger partial charge < -0.3 is 15.0 Å². The highest BCUT2D eigenvalue weighted by molar-refractivity contribution is 5.04. The van der Waals surface area contributed by atoms with Gasteiger partial charge in [-0.05, 0) is 31.6 Å². The minimum atomic E-state index is 0.551. The highest BCUT2D eigenvalue weighted by Crippen LogP contribution is 2.36. The van der Waals surface area contributed by atoms with Crippen LogP contribution in [0.5, 0.6) is 0 Å². The van der Waals surface area contributed by atoms with E-state index in [0.29, 0.717) is 11.5 Å². The summed E-state index contributed by atoms with van der Waals surface area (Å²) in [5.41, 5.74) is 0.698. The Kier molecular flexibility index (Phi) is 2.94. The Morgan fingerprint density at radius 1 is 1.19 bits per heavy atom. The molecule has 1 N–H and O–H groups in total. The van der Waals surface area contributed by atoms with E-state index in [-0.39, 0.29) is 0 Å². The van der Waals surface area contributed by atoms with Gasteiger partial charge >= 0.3 is 0 Å². The van der Waals surface area contributed by atoms with Gasteiger partial charge in [0.25, 0.3) is 0 Å². The Labute approximate surface area is 98.5 Å². The lowest BCUT2D eigenvalue weighted by Crippen LogP contribution is -2.71. The molecule has 16 heavy (non-hydrogen) atoms. The van der Waals surface area contributed by atoms with E-state index in [1.165, 1.54) is 58.4 Å². The first-order valence-electron chi connectivity index (χ1n) is 6.76. The van der Waals surface area contributed by atoms with Crippen LogP contribution in [0, 0.1) is 11.3 Å².